The Hall–Kier alpha value is -3.89. The van der Waals surface area contributed by atoms with Gasteiger partial charge in [0, 0.05) is 53.9 Å². The van der Waals surface area contributed by atoms with Gasteiger partial charge in [0.25, 0.3) is 5.69 Å². The highest BCUT2D eigenvalue weighted by molar-refractivity contribution is 5.83. The molecule has 39 heavy (non-hydrogen) atoms. The van der Waals surface area contributed by atoms with Crippen LogP contribution in [0.4, 0.5) is 24.5 Å². The third-order valence-corrected chi connectivity index (χ3v) is 7.59. The third kappa shape index (κ3) is 5.76. The zero-order chi connectivity index (χ0) is 27.6. The summed E-state index contributed by atoms with van der Waals surface area (Å²) in [7, 11) is 0. The highest BCUT2D eigenvalue weighted by Gasteiger charge is 2.41. The Bertz CT molecular complexity index is 1490. The van der Waals surface area contributed by atoms with E-state index in [1.807, 2.05) is 24.4 Å². The average molecular weight is 539 g/mol. The second-order valence-corrected chi connectivity index (χ2v) is 10.3. The quantitative estimate of drug-likeness (QED) is 0.176. The number of aromatic nitrogens is 1. The van der Waals surface area contributed by atoms with Crippen molar-refractivity contribution in [2.75, 3.05) is 25.0 Å². The molecule has 204 valence electrons. The standard InChI is InChI=1S/C29H29F3N4O3/c30-29(31,32)25-7-3-1-5-20(25)14-28(18-34-23-10-9-21(17-37)27(13-23)36(38)39)11-12-35(19-28)16-22-15-33-26-8-4-2-6-24(22)26/h1-10,13,15,33-34,37H,11-12,14,16-19H2. The van der Waals surface area contributed by atoms with Gasteiger partial charge >= 0.3 is 6.18 Å². The molecule has 0 saturated carbocycles. The predicted octanol–water partition coefficient (Wildman–Crippen LogP) is 6.13. The van der Waals surface area contributed by atoms with Gasteiger partial charge < -0.3 is 15.4 Å². The smallest absolute Gasteiger partial charge is 0.391 e. The van der Waals surface area contributed by atoms with E-state index in [9.17, 15) is 28.4 Å². The first-order valence-electron chi connectivity index (χ1n) is 12.7. The fourth-order valence-electron chi connectivity index (χ4n) is 5.64. The summed E-state index contributed by atoms with van der Waals surface area (Å²) in [6, 6.07) is 18.2. The Morgan fingerprint density at radius 3 is 2.59 bits per heavy atom. The number of hydrogen-bond donors (Lipinski definition) is 3. The lowest BCUT2D eigenvalue weighted by Crippen LogP contribution is -2.36. The molecule has 1 atom stereocenters. The van der Waals surface area contributed by atoms with Gasteiger partial charge in [-0.25, -0.2) is 0 Å². The summed E-state index contributed by atoms with van der Waals surface area (Å²) in [5.74, 6) is 0. The first-order chi connectivity index (χ1) is 18.7. The molecule has 1 saturated heterocycles. The lowest BCUT2D eigenvalue weighted by molar-refractivity contribution is -0.385. The Morgan fingerprint density at radius 2 is 1.82 bits per heavy atom. The number of aliphatic hydroxyl groups excluding tert-OH is 1. The molecule has 0 bridgehead atoms. The van der Waals surface area contributed by atoms with Gasteiger partial charge in [-0.15, -0.1) is 0 Å². The molecule has 0 aliphatic carbocycles. The van der Waals surface area contributed by atoms with E-state index in [0.29, 0.717) is 38.3 Å². The summed E-state index contributed by atoms with van der Waals surface area (Å²) in [5, 5.41) is 25.3. The SMILES string of the molecule is O=[N+]([O-])c1cc(NCC2(Cc3ccccc3C(F)(F)F)CCN(Cc3c[nH]c4ccccc34)C2)ccc1CO. The van der Waals surface area contributed by atoms with Crippen molar-refractivity contribution in [3.8, 4) is 0 Å². The van der Waals surface area contributed by atoms with E-state index >= 15 is 0 Å². The molecule has 1 aliphatic heterocycles. The number of nitrogens with one attached hydrogen (secondary N) is 2. The molecule has 0 amide bonds. The van der Waals surface area contributed by atoms with E-state index in [0.717, 1.165) is 22.5 Å². The Balaban J connectivity index is 1.42. The van der Waals surface area contributed by atoms with Crippen LogP contribution in [0.25, 0.3) is 10.9 Å². The highest BCUT2D eigenvalue weighted by atomic mass is 19.4. The van der Waals surface area contributed by atoms with Crippen molar-refractivity contribution < 1.29 is 23.2 Å². The minimum absolute atomic E-state index is 0.199. The normalized spacial score (nSPS) is 18.1. The van der Waals surface area contributed by atoms with Crippen LogP contribution in [0.3, 0.4) is 0 Å². The van der Waals surface area contributed by atoms with E-state index in [1.54, 1.807) is 12.1 Å². The van der Waals surface area contributed by atoms with E-state index in [2.05, 4.69) is 21.3 Å². The molecular formula is C29H29F3N4O3. The zero-order valence-electron chi connectivity index (χ0n) is 21.2. The largest absolute Gasteiger partial charge is 0.416 e. The van der Waals surface area contributed by atoms with E-state index < -0.39 is 28.7 Å². The average Bonchev–Trinajstić information content (AvgIpc) is 3.51. The Kier molecular flexibility index (Phi) is 7.33. The number of hydrogen-bond acceptors (Lipinski definition) is 5. The number of alkyl halides is 3. The van der Waals surface area contributed by atoms with E-state index in [4.69, 9.17) is 0 Å². The number of likely N-dealkylation sites (tertiary alicyclic amines) is 1. The molecule has 0 radical (unpaired) electrons. The molecule has 4 aromatic rings. The van der Waals surface area contributed by atoms with Gasteiger partial charge in [0.2, 0.25) is 0 Å². The lowest BCUT2D eigenvalue weighted by Gasteiger charge is -2.31. The number of fused-ring (bicyclic) bond motifs is 1. The number of rotatable bonds is 9. The number of H-pyrrole nitrogens is 1. The third-order valence-electron chi connectivity index (χ3n) is 7.59. The molecule has 1 fully saturated rings. The topological polar surface area (TPSA) is 94.4 Å². The molecule has 5 rings (SSSR count). The maximum Gasteiger partial charge on any atom is 0.416 e. The van der Waals surface area contributed by atoms with Gasteiger partial charge in [-0.3, -0.25) is 15.0 Å². The van der Waals surface area contributed by atoms with Crippen molar-refractivity contribution in [1.82, 2.24) is 9.88 Å². The molecular weight excluding hydrogens is 509 g/mol. The number of nitrogens with zero attached hydrogens (tertiary/aromatic N) is 2. The van der Waals surface area contributed by atoms with Gasteiger partial charge in [0.1, 0.15) is 0 Å². The highest BCUT2D eigenvalue weighted by Crippen LogP contribution is 2.40. The van der Waals surface area contributed by atoms with Crippen LogP contribution >= 0.6 is 0 Å². The maximum absolute atomic E-state index is 13.9. The van der Waals surface area contributed by atoms with Crippen LogP contribution in [0.15, 0.2) is 72.9 Å². The number of nitro benzene ring substituents is 1. The van der Waals surface area contributed by atoms with Crippen molar-refractivity contribution in [1.29, 1.82) is 0 Å². The zero-order valence-corrected chi connectivity index (χ0v) is 21.2. The summed E-state index contributed by atoms with van der Waals surface area (Å²) in [5.41, 5.74) is 1.70. The maximum atomic E-state index is 13.9. The van der Waals surface area contributed by atoms with Crippen LogP contribution in [0, 0.1) is 15.5 Å². The van der Waals surface area contributed by atoms with Crippen LogP contribution in [0.5, 0.6) is 0 Å². The molecule has 7 nitrogen and oxygen atoms in total. The molecule has 0 spiro atoms. The minimum Gasteiger partial charge on any atom is -0.391 e. The summed E-state index contributed by atoms with van der Waals surface area (Å²) in [6.45, 7) is 1.79. The van der Waals surface area contributed by atoms with Gasteiger partial charge in [-0.05, 0) is 54.8 Å². The second kappa shape index (κ2) is 10.7. The number of halogens is 3. The second-order valence-electron chi connectivity index (χ2n) is 10.3. The first kappa shape index (κ1) is 26.7. The van der Waals surface area contributed by atoms with Gasteiger partial charge in [-0.1, -0.05) is 36.4 Å². The molecule has 2 heterocycles. The van der Waals surface area contributed by atoms with Crippen molar-refractivity contribution >= 4 is 22.3 Å². The van der Waals surface area contributed by atoms with Crippen LogP contribution < -0.4 is 5.32 Å². The molecule has 1 aliphatic rings. The number of anilines is 1. The van der Waals surface area contributed by atoms with Crippen LogP contribution in [-0.2, 0) is 25.7 Å². The summed E-state index contributed by atoms with van der Waals surface area (Å²) < 4.78 is 41.6. The minimum atomic E-state index is -4.46. The summed E-state index contributed by atoms with van der Waals surface area (Å²) in [4.78, 5) is 16.5. The number of nitro groups is 1. The number of aromatic amines is 1. The molecule has 1 unspecified atom stereocenters. The lowest BCUT2D eigenvalue weighted by atomic mass is 9.79. The van der Waals surface area contributed by atoms with Crippen LogP contribution in [-0.4, -0.2) is 39.5 Å². The Labute approximate surface area is 223 Å². The summed E-state index contributed by atoms with van der Waals surface area (Å²) >= 11 is 0. The van der Waals surface area contributed by atoms with Crippen molar-refractivity contribution in [2.45, 2.75) is 32.2 Å². The Morgan fingerprint density at radius 1 is 1.05 bits per heavy atom. The number of para-hydroxylation sites is 1. The molecule has 3 N–H and O–H groups in total. The van der Waals surface area contributed by atoms with Crippen LogP contribution in [0.2, 0.25) is 0 Å². The van der Waals surface area contributed by atoms with Crippen LogP contribution in [0.1, 0.15) is 28.7 Å². The molecule has 10 heteroatoms. The molecule has 3 aromatic carbocycles. The number of aliphatic hydroxyl groups is 1. The molecule has 1 aromatic heterocycles. The van der Waals surface area contributed by atoms with Gasteiger partial charge in [0.05, 0.1) is 22.7 Å². The fourth-order valence-corrected chi connectivity index (χ4v) is 5.64. The number of benzene rings is 3. The first-order valence-corrected chi connectivity index (χ1v) is 12.7. The van der Waals surface area contributed by atoms with Crippen molar-refractivity contribution in [3.05, 3.63) is 105 Å². The van der Waals surface area contributed by atoms with Crippen molar-refractivity contribution in [2.24, 2.45) is 5.41 Å². The van der Waals surface area contributed by atoms with E-state index in [-0.39, 0.29) is 23.2 Å². The van der Waals surface area contributed by atoms with Gasteiger partial charge in [0.15, 0.2) is 0 Å². The fraction of sp³-hybridized carbons (Fsp3) is 0.310. The summed E-state index contributed by atoms with van der Waals surface area (Å²) in [6.07, 6.45) is -1.62. The van der Waals surface area contributed by atoms with Gasteiger partial charge in [-0.2, -0.15) is 13.2 Å². The predicted molar refractivity (Wildman–Crippen MR) is 143 cm³/mol. The van der Waals surface area contributed by atoms with E-state index in [1.165, 1.54) is 24.3 Å². The monoisotopic (exact) mass is 538 g/mol. The van der Waals surface area contributed by atoms with Crippen molar-refractivity contribution in [3.63, 3.8) is 0 Å².